The van der Waals surface area contributed by atoms with Crippen LogP contribution in [0.15, 0.2) is 63.3 Å². The van der Waals surface area contributed by atoms with Crippen molar-refractivity contribution in [3.05, 3.63) is 64.2 Å². The third-order valence-electron chi connectivity index (χ3n) is 3.25. The van der Waals surface area contributed by atoms with Gasteiger partial charge in [-0.3, -0.25) is 14.4 Å². The van der Waals surface area contributed by atoms with Gasteiger partial charge in [-0.2, -0.15) is 0 Å². The number of rotatable bonds is 6. The van der Waals surface area contributed by atoms with Crippen LogP contribution in [-0.2, 0) is 20.0 Å². The monoisotopic (exact) mass is 463 g/mol. The maximum absolute atomic E-state index is 12.5. The molecule has 3 rings (SSSR count). The molecule has 12 heteroatoms. The number of aromatic nitrogens is 1. The van der Waals surface area contributed by atoms with Gasteiger partial charge >= 0.3 is 0 Å². The van der Waals surface area contributed by atoms with E-state index in [4.69, 9.17) is 23.2 Å². The molecule has 0 unspecified atom stereocenters. The Labute approximate surface area is 170 Å². The first-order valence-electron chi connectivity index (χ1n) is 7.17. The van der Waals surface area contributed by atoms with Gasteiger partial charge in [0, 0.05) is 12.4 Å². The molecule has 2 heterocycles. The number of halogens is 2. The minimum Gasteiger partial charge on any atom is -0.277 e. The quantitative estimate of drug-likeness (QED) is 0.573. The minimum atomic E-state index is -4.02. The molecule has 7 nitrogen and oxygen atoms in total. The lowest BCUT2D eigenvalue weighted by atomic mass is 10.3. The molecule has 0 atom stereocenters. The van der Waals surface area contributed by atoms with Gasteiger partial charge in [-0.15, -0.1) is 11.3 Å². The first-order valence-corrected chi connectivity index (χ1v) is 11.8. The predicted molar refractivity (Wildman–Crippen MR) is 107 cm³/mol. The average Bonchev–Trinajstić information content (AvgIpc) is 3.15. The highest BCUT2D eigenvalue weighted by molar-refractivity contribution is 7.94. The summed E-state index contributed by atoms with van der Waals surface area (Å²) in [5.74, 6) is 0. The van der Waals surface area contributed by atoms with Gasteiger partial charge in [-0.05, 0) is 35.7 Å². The number of hydrogen-bond donors (Lipinski definition) is 2. The van der Waals surface area contributed by atoms with Crippen LogP contribution in [0.5, 0.6) is 0 Å². The van der Waals surface area contributed by atoms with E-state index in [1.54, 1.807) is 11.4 Å². The van der Waals surface area contributed by atoms with Crippen LogP contribution >= 0.6 is 34.5 Å². The van der Waals surface area contributed by atoms with Crippen LogP contribution in [0.4, 0.5) is 11.4 Å². The molecular formula is C15H11Cl2N3O4S3. The maximum atomic E-state index is 12.5. The zero-order valence-corrected chi connectivity index (χ0v) is 17.2. The highest BCUT2D eigenvalue weighted by Crippen LogP contribution is 2.35. The Morgan fingerprint density at radius 3 is 2.04 bits per heavy atom. The van der Waals surface area contributed by atoms with E-state index < -0.39 is 20.0 Å². The summed E-state index contributed by atoms with van der Waals surface area (Å²) >= 11 is 13.0. The van der Waals surface area contributed by atoms with Gasteiger partial charge in [-0.25, -0.2) is 16.8 Å². The van der Waals surface area contributed by atoms with Crippen LogP contribution in [0.25, 0.3) is 0 Å². The molecule has 0 saturated heterocycles. The fourth-order valence-electron chi connectivity index (χ4n) is 2.04. The first-order chi connectivity index (χ1) is 12.7. The van der Waals surface area contributed by atoms with E-state index in [2.05, 4.69) is 14.4 Å². The fourth-order valence-corrected chi connectivity index (χ4v) is 5.46. The smallest absolute Gasteiger partial charge is 0.271 e. The van der Waals surface area contributed by atoms with E-state index in [0.29, 0.717) is 0 Å². The summed E-state index contributed by atoms with van der Waals surface area (Å²) in [6, 6.07) is 8.27. The van der Waals surface area contributed by atoms with Crippen molar-refractivity contribution in [3.8, 4) is 0 Å². The molecule has 0 fully saturated rings. The van der Waals surface area contributed by atoms with Crippen LogP contribution in [0.3, 0.4) is 0 Å². The Morgan fingerprint density at radius 2 is 1.52 bits per heavy atom. The van der Waals surface area contributed by atoms with Gasteiger partial charge in [0.15, 0.2) is 0 Å². The van der Waals surface area contributed by atoms with Crippen LogP contribution in [-0.4, -0.2) is 21.8 Å². The van der Waals surface area contributed by atoms with Gasteiger partial charge in [0.2, 0.25) is 0 Å². The van der Waals surface area contributed by atoms with Gasteiger partial charge < -0.3 is 0 Å². The van der Waals surface area contributed by atoms with Gasteiger partial charge in [0.25, 0.3) is 20.0 Å². The van der Waals surface area contributed by atoms with Crippen LogP contribution < -0.4 is 9.44 Å². The van der Waals surface area contributed by atoms with Crippen molar-refractivity contribution in [2.24, 2.45) is 0 Å². The van der Waals surface area contributed by atoms with Gasteiger partial charge in [-0.1, -0.05) is 29.3 Å². The molecule has 0 aliphatic carbocycles. The van der Waals surface area contributed by atoms with E-state index in [0.717, 1.165) is 17.5 Å². The Kier molecular flexibility index (Phi) is 5.63. The standard InChI is InChI=1S/C15H11Cl2N3O4S3/c16-11-7-13(19-26(21,22)10-3-1-5-18-9-10)14(8-12(11)17)20-27(23,24)15-4-2-6-25-15/h1-9,19-20H. The number of hydrogen-bond acceptors (Lipinski definition) is 6. The molecule has 0 radical (unpaired) electrons. The highest BCUT2D eigenvalue weighted by Gasteiger charge is 2.22. The largest absolute Gasteiger partial charge is 0.277 e. The molecule has 27 heavy (non-hydrogen) atoms. The fraction of sp³-hybridized carbons (Fsp3) is 0. The van der Waals surface area contributed by atoms with Crippen LogP contribution in [0.2, 0.25) is 10.0 Å². The molecule has 0 saturated carbocycles. The first kappa shape index (κ1) is 19.9. The van der Waals surface area contributed by atoms with E-state index in [1.165, 1.54) is 36.5 Å². The van der Waals surface area contributed by atoms with Crippen molar-refractivity contribution < 1.29 is 16.8 Å². The van der Waals surface area contributed by atoms with Crippen molar-refractivity contribution in [1.29, 1.82) is 0 Å². The van der Waals surface area contributed by atoms with Crippen molar-refractivity contribution in [1.82, 2.24) is 4.98 Å². The molecular weight excluding hydrogens is 453 g/mol. The summed E-state index contributed by atoms with van der Waals surface area (Å²) < 4.78 is 54.7. The van der Waals surface area contributed by atoms with E-state index >= 15 is 0 Å². The molecule has 0 aliphatic rings. The molecule has 0 amide bonds. The lowest BCUT2D eigenvalue weighted by molar-refractivity contribution is 0.599. The second-order valence-electron chi connectivity index (χ2n) is 5.14. The summed E-state index contributed by atoms with van der Waals surface area (Å²) in [5.41, 5.74) is -0.140. The number of nitrogens with one attached hydrogen (secondary N) is 2. The second kappa shape index (κ2) is 7.64. The third-order valence-corrected chi connectivity index (χ3v) is 8.09. The molecule has 2 aromatic heterocycles. The number of anilines is 2. The van der Waals surface area contributed by atoms with Crippen molar-refractivity contribution in [2.45, 2.75) is 9.10 Å². The van der Waals surface area contributed by atoms with E-state index in [9.17, 15) is 16.8 Å². The normalized spacial score (nSPS) is 11.9. The average molecular weight is 464 g/mol. The molecule has 0 spiro atoms. The minimum absolute atomic E-state index is 0.0552. The topological polar surface area (TPSA) is 105 Å². The summed E-state index contributed by atoms with van der Waals surface area (Å²) in [6.07, 6.45) is 2.59. The van der Waals surface area contributed by atoms with Crippen LogP contribution in [0.1, 0.15) is 0 Å². The van der Waals surface area contributed by atoms with Crippen molar-refractivity contribution in [3.63, 3.8) is 0 Å². The molecule has 142 valence electrons. The number of nitrogens with zero attached hydrogens (tertiary/aromatic N) is 1. The van der Waals surface area contributed by atoms with Crippen molar-refractivity contribution >= 4 is 66.0 Å². The maximum Gasteiger partial charge on any atom is 0.271 e. The second-order valence-corrected chi connectivity index (χ2v) is 10.5. The Bertz CT molecular complexity index is 1170. The summed E-state index contributed by atoms with van der Waals surface area (Å²) in [7, 11) is -7.94. The predicted octanol–water partition coefficient (Wildman–Crippen LogP) is 4.05. The molecule has 1 aromatic carbocycles. The highest BCUT2D eigenvalue weighted by atomic mass is 35.5. The Morgan fingerprint density at radius 1 is 0.889 bits per heavy atom. The number of pyridine rings is 1. The summed E-state index contributed by atoms with van der Waals surface area (Å²) in [5, 5.41) is 1.72. The SMILES string of the molecule is O=S(=O)(Nc1cc(Cl)c(Cl)cc1NS(=O)(=O)c1cccs1)c1cccnc1. The molecule has 3 aromatic rings. The van der Waals surface area contributed by atoms with E-state index in [-0.39, 0.29) is 30.5 Å². The van der Waals surface area contributed by atoms with Crippen LogP contribution in [0, 0.1) is 0 Å². The molecule has 0 aliphatic heterocycles. The summed E-state index contributed by atoms with van der Waals surface area (Å²) in [6.45, 7) is 0. The molecule has 2 N–H and O–H groups in total. The zero-order chi connectivity index (χ0) is 19.7. The van der Waals surface area contributed by atoms with Crippen molar-refractivity contribution in [2.75, 3.05) is 9.44 Å². The number of sulfonamides is 2. The van der Waals surface area contributed by atoms with Gasteiger partial charge in [0.1, 0.15) is 9.10 Å². The Hall–Kier alpha value is -1.85. The van der Waals surface area contributed by atoms with Gasteiger partial charge in [0.05, 0.1) is 21.4 Å². The Balaban J connectivity index is 2.02. The third kappa shape index (κ3) is 4.53. The number of thiophene rings is 1. The lowest BCUT2D eigenvalue weighted by Crippen LogP contribution is -2.17. The van der Waals surface area contributed by atoms with E-state index in [1.807, 2.05) is 0 Å². The molecule has 0 bridgehead atoms. The zero-order valence-electron chi connectivity index (χ0n) is 13.3. The summed E-state index contributed by atoms with van der Waals surface area (Å²) in [4.78, 5) is 3.67. The lowest BCUT2D eigenvalue weighted by Gasteiger charge is -2.15. The number of benzene rings is 1.